The number of benzene rings is 1. The lowest BCUT2D eigenvalue weighted by molar-refractivity contribution is -0.156. The highest BCUT2D eigenvalue weighted by atomic mass is 32.2. The van der Waals surface area contributed by atoms with Crippen molar-refractivity contribution < 1.29 is 17.9 Å². The second-order valence-electron chi connectivity index (χ2n) is 8.92. The summed E-state index contributed by atoms with van der Waals surface area (Å²) in [6, 6.07) is 6.89. The summed E-state index contributed by atoms with van der Waals surface area (Å²) < 4.78 is 33.4. The van der Waals surface area contributed by atoms with Crippen LogP contribution in [0, 0.1) is 18.8 Å². The molecule has 0 saturated carbocycles. The van der Waals surface area contributed by atoms with Crippen LogP contribution in [0.2, 0.25) is 0 Å². The fraction of sp³-hybridized carbons (Fsp3) is 0.667. The number of hydrogen-bond acceptors (Lipinski definition) is 4. The normalized spacial score (nSPS) is 22.0. The molecule has 1 aromatic rings. The van der Waals surface area contributed by atoms with E-state index in [0.29, 0.717) is 30.7 Å². The molecule has 2 atom stereocenters. The molecule has 0 aliphatic carbocycles. The molecule has 27 heavy (non-hydrogen) atoms. The Morgan fingerprint density at radius 1 is 1.22 bits per heavy atom. The Hall–Kier alpha value is -1.40. The molecule has 0 bridgehead atoms. The van der Waals surface area contributed by atoms with Crippen LogP contribution in [0.3, 0.4) is 0 Å². The van der Waals surface area contributed by atoms with Gasteiger partial charge in [0.1, 0.15) is 5.60 Å². The fourth-order valence-corrected chi connectivity index (χ4v) is 5.39. The minimum Gasteiger partial charge on any atom is -0.460 e. The first-order valence-corrected chi connectivity index (χ1v) is 11.1. The second kappa shape index (κ2) is 8.31. The molecule has 0 radical (unpaired) electrons. The monoisotopic (exact) mass is 395 g/mol. The molecule has 0 N–H and O–H groups in total. The average Bonchev–Trinajstić information content (AvgIpc) is 2.53. The van der Waals surface area contributed by atoms with Gasteiger partial charge < -0.3 is 4.74 Å². The Kier molecular flexibility index (Phi) is 6.74. The number of hydrogen-bond donors (Lipinski definition) is 0. The van der Waals surface area contributed by atoms with Crippen molar-refractivity contribution in [2.45, 2.75) is 77.3 Å². The van der Waals surface area contributed by atoms with Crippen LogP contribution in [-0.4, -0.2) is 36.9 Å². The summed E-state index contributed by atoms with van der Waals surface area (Å²) in [4.78, 5) is 12.5. The standard InChI is InChI=1S/C21H33NO4S/c1-15(2)19-13-17(14-20(23)26-21(4,5)6)11-12-22(19)27(24,25)18-9-7-16(3)8-10-18/h7-10,15,17,19H,11-14H2,1-6H3/t17-,19-/m1/s1. The lowest BCUT2D eigenvalue weighted by Gasteiger charge is -2.40. The van der Waals surface area contributed by atoms with Crippen molar-refractivity contribution in [1.29, 1.82) is 0 Å². The highest BCUT2D eigenvalue weighted by molar-refractivity contribution is 7.89. The number of rotatable bonds is 5. The van der Waals surface area contributed by atoms with Crippen molar-refractivity contribution >= 4 is 16.0 Å². The molecule has 0 unspecified atom stereocenters. The molecule has 1 aromatic carbocycles. The predicted octanol–water partition coefficient (Wildman–Crippen LogP) is 4.15. The molecular weight excluding hydrogens is 362 g/mol. The van der Waals surface area contributed by atoms with E-state index in [2.05, 4.69) is 0 Å². The molecule has 1 heterocycles. The molecular formula is C21H33NO4S. The Morgan fingerprint density at radius 3 is 2.33 bits per heavy atom. The maximum atomic E-state index is 13.2. The molecule has 1 fully saturated rings. The fourth-order valence-electron chi connectivity index (χ4n) is 3.61. The van der Waals surface area contributed by atoms with E-state index < -0.39 is 15.6 Å². The quantitative estimate of drug-likeness (QED) is 0.703. The lowest BCUT2D eigenvalue weighted by atomic mass is 9.85. The van der Waals surface area contributed by atoms with E-state index in [1.54, 1.807) is 16.4 Å². The topological polar surface area (TPSA) is 63.7 Å². The SMILES string of the molecule is Cc1ccc(S(=O)(=O)N2CC[C@@H](CC(=O)OC(C)(C)C)C[C@@H]2C(C)C)cc1. The third-order valence-corrected chi connectivity index (χ3v) is 6.91. The van der Waals surface area contributed by atoms with E-state index in [9.17, 15) is 13.2 Å². The average molecular weight is 396 g/mol. The molecule has 2 rings (SSSR count). The third kappa shape index (κ3) is 5.79. The van der Waals surface area contributed by atoms with Gasteiger partial charge in [-0.3, -0.25) is 4.79 Å². The molecule has 6 heteroatoms. The van der Waals surface area contributed by atoms with Gasteiger partial charge in [0.15, 0.2) is 0 Å². The summed E-state index contributed by atoms with van der Waals surface area (Å²) in [6.45, 7) is 12.0. The van der Waals surface area contributed by atoms with Crippen LogP contribution in [0.15, 0.2) is 29.2 Å². The maximum Gasteiger partial charge on any atom is 0.306 e. The summed E-state index contributed by atoms with van der Waals surface area (Å²) >= 11 is 0. The Balaban J connectivity index is 2.14. The number of nitrogens with zero attached hydrogens (tertiary/aromatic N) is 1. The van der Waals surface area contributed by atoms with Gasteiger partial charge in [-0.2, -0.15) is 4.31 Å². The van der Waals surface area contributed by atoms with Crippen LogP contribution >= 0.6 is 0 Å². The summed E-state index contributed by atoms with van der Waals surface area (Å²) in [5.74, 6) is 0.119. The van der Waals surface area contributed by atoms with Crippen LogP contribution in [-0.2, 0) is 19.6 Å². The molecule has 0 amide bonds. The molecule has 1 aliphatic heterocycles. The third-order valence-electron chi connectivity index (χ3n) is 4.97. The van der Waals surface area contributed by atoms with Crippen molar-refractivity contribution in [1.82, 2.24) is 4.31 Å². The first-order valence-electron chi connectivity index (χ1n) is 9.70. The van der Waals surface area contributed by atoms with Crippen molar-refractivity contribution in [3.05, 3.63) is 29.8 Å². The number of ether oxygens (including phenoxy) is 1. The molecule has 0 aromatic heterocycles. The summed E-state index contributed by atoms with van der Waals surface area (Å²) in [5.41, 5.74) is 0.537. The van der Waals surface area contributed by atoms with Gasteiger partial charge in [-0.25, -0.2) is 8.42 Å². The van der Waals surface area contributed by atoms with E-state index >= 15 is 0 Å². The van der Waals surface area contributed by atoms with Crippen LogP contribution in [0.1, 0.15) is 59.4 Å². The zero-order valence-corrected chi connectivity index (χ0v) is 18.2. The maximum absolute atomic E-state index is 13.2. The summed E-state index contributed by atoms with van der Waals surface area (Å²) in [7, 11) is -3.54. The number of carbonyl (C=O) groups is 1. The minimum absolute atomic E-state index is 0.113. The van der Waals surface area contributed by atoms with Gasteiger partial charge >= 0.3 is 5.97 Å². The minimum atomic E-state index is -3.54. The molecule has 152 valence electrons. The van der Waals surface area contributed by atoms with Gasteiger partial charge in [-0.15, -0.1) is 0 Å². The van der Waals surface area contributed by atoms with Crippen molar-refractivity contribution in [2.75, 3.05) is 6.54 Å². The molecule has 1 aliphatic rings. The predicted molar refractivity (Wildman–Crippen MR) is 107 cm³/mol. The van der Waals surface area contributed by atoms with E-state index in [1.807, 2.05) is 53.7 Å². The van der Waals surface area contributed by atoms with E-state index in [4.69, 9.17) is 4.74 Å². The number of aryl methyl sites for hydroxylation is 1. The summed E-state index contributed by atoms with van der Waals surface area (Å²) in [5, 5.41) is 0. The largest absolute Gasteiger partial charge is 0.460 e. The van der Waals surface area contributed by atoms with Crippen LogP contribution in [0.5, 0.6) is 0 Å². The zero-order valence-electron chi connectivity index (χ0n) is 17.4. The van der Waals surface area contributed by atoms with E-state index in [0.717, 1.165) is 5.56 Å². The van der Waals surface area contributed by atoms with Gasteiger partial charge in [0, 0.05) is 19.0 Å². The molecule has 5 nitrogen and oxygen atoms in total. The van der Waals surface area contributed by atoms with Crippen molar-refractivity contribution in [3.8, 4) is 0 Å². The molecule has 0 spiro atoms. The first-order chi connectivity index (χ1) is 12.4. The van der Waals surface area contributed by atoms with Crippen LogP contribution < -0.4 is 0 Å². The number of sulfonamides is 1. The lowest BCUT2D eigenvalue weighted by Crippen LogP contribution is -2.48. The second-order valence-corrected chi connectivity index (χ2v) is 10.8. The number of carbonyl (C=O) groups excluding carboxylic acids is 1. The van der Waals surface area contributed by atoms with Gasteiger partial charge in [0.25, 0.3) is 0 Å². The number of esters is 1. The van der Waals surface area contributed by atoms with E-state index in [1.165, 1.54) is 0 Å². The Morgan fingerprint density at radius 2 is 1.81 bits per heavy atom. The molecule has 1 saturated heterocycles. The Bertz CT molecular complexity index is 747. The van der Waals surface area contributed by atoms with Crippen LogP contribution in [0.4, 0.5) is 0 Å². The van der Waals surface area contributed by atoms with Gasteiger partial charge in [0.05, 0.1) is 4.90 Å². The summed E-state index contributed by atoms with van der Waals surface area (Å²) in [6.07, 6.45) is 1.70. The zero-order chi connectivity index (χ0) is 20.4. The van der Waals surface area contributed by atoms with Crippen molar-refractivity contribution in [3.63, 3.8) is 0 Å². The number of piperidine rings is 1. The first kappa shape index (κ1) is 21.9. The highest BCUT2D eigenvalue weighted by Crippen LogP contribution is 2.34. The highest BCUT2D eigenvalue weighted by Gasteiger charge is 2.39. The van der Waals surface area contributed by atoms with Gasteiger partial charge in [-0.05, 0) is 64.5 Å². The van der Waals surface area contributed by atoms with E-state index in [-0.39, 0.29) is 23.8 Å². The van der Waals surface area contributed by atoms with Gasteiger partial charge in [0.2, 0.25) is 10.0 Å². The van der Waals surface area contributed by atoms with Crippen molar-refractivity contribution in [2.24, 2.45) is 11.8 Å². The smallest absolute Gasteiger partial charge is 0.306 e. The Labute approximate surface area is 164 Å². The van der Waals surface area contributed by atoms with Crippen LogP contribution in [0.25, 0.3) is 0 Å². The van der Waals surface area contributed by atoms with Gasteiger partial charge in [-0.1, -0.05) is 31.5 Å².